The Balaban J connectivity index is 1.76. The van der Waals surface area contributed by atoms with Crippen molar-refractivity contribution in [3.8, 4) is 5.75 Å². The van der Waals surface area contributed by atoms with E-state index >= 15 is 0 Å². The van der Waals surface area contributed by atoms with Gasteiger partial charge in [0.05, 0.1) is 4.47 Å². The maximum absolute atomic E-state index is 6.58. The molecule has 0 aromatic heterocycles. The summed E-state index contributed by atoms with van der Waals surface area (Å²) in [5.74, 6) is 0.936. The molecule has 0 N–H and O–H groups in total. The van der Waals surface area contributed by atoms with Crippen molar-refractivity contribution in [3.63, 3.8) is 0 Å². The Kier molecular flexibility index (Phi) is 4.69. The molecular weight excluding hydrogens is 403 g/mol. The fourth-order valence-corrected chi connectivity index (χ4v) is 5.27. The van der Waals surface area contributed by atoms with Crippen molar-refractivity contribution < 1.29 is 4.74 Å². The molecule has 2 saturated carbocycles. The Bertz CT molecular complexity index is 483. The first-order valence-corrected chi connectivity index (χ1v) is 9.40. The van der Waals surface area contributed by atoms with E-state index in [2.05, 4.69) is 31.9 Å². The largest absolute Gasteiger partial charge is 0.489 e. The van der Waals surface area contributed by atoms with Crippen molar-refractivity contribution >= 4 is 43.5 Å². The summed E-state index contributed by atoms with van der Waals surface area (Å²) in [5.41, 5.74) is 0.213. The lowest BCUT2D eigenvalue weighted by atomic mass is 9.61. The highest BCUT2D eigenvalue weighted by Crippen LogP contribution is 2.55. The summed E-state index contributed by atoms with van der Waals surface area (Å²) in [6, 6.07) is 6.09. The average Bonchev–Trinajstić information content (AvgIpc) is 2.69. The van der Waals surface area contributed by atoms with Gasteiger partial charge in [-0.25, -0.2) is 0 Å². The van der Waals surface area contributed by atoms with Crippen LogP contribution in [0.3, 0.4) is 0 Å². The van der Waals surface area contributed by atoms with Crippen molar-refractivity contribution in [1.29, 1.82) is 0 Å². The molecule has 2 atom stereocenters. The van der Waals surface area contributed by atoms with Gasteiger partial charge in [-0.1, -0.05) is 41.6 Å². The van der Waals surface area contributed by atoms with Gasteiger partial charge in [-0.3, -0.25) is 0 Å². The molecule has 0 bridgehead atoms. The Morgan fingerprint density at radius 2 is 1.80 bits per heavy atom. The third-order valence-electron chi connectivity index (χ3n) is 4.88. The molecule has 20 heavy (non-hydrogen) atoms. The quantitative estimate of drug-likeness (QED) is 0.508. The van der Waals surface area contributed by atoms with Gasteiger partial charge in [-0.05, 0) is 47.0 Å². The maximum atomic E-state index is 6.58. The van der Waals surface area contributed by atoms with Crippen molar-refractivity contribution in [2.24, 2.45) is 5.41 Å². The average molecular weight is 423 g/mol. The first-order valence-electron chi connectivity index (χ1n) is 7.37. The third-order valence-corrected chi connectivity index (χ3v) is 6.61. The first-order chi connectivity index (χ1) is 9.62. The molecular formula is C16H19Br2ClO. The molecule has 2 unspecified atom stereocenters. The van der Waals surface area contributed by atoms with Crippen LogP contribution in [0.5, 0.6) is 5.75 Å². The Labute approximate surface area is 142 Å². The predicted octanol–water partition coefficient (Wildman–Crippen LogP) is 6.31. The minimum Gasteiger partial charge on any atom is -0.489 e. The van der Waals surface area contributed by atoms with E-state index in [1.165, 1.54) is 38.5 Å². The van der Waals surface area contributed by atoms with Gasteiger partial charge >= 0.3 is 0 Å². The van der Waals surface area contributed by atoms with E-state index in [1.807, 2.05) is 18.2 Å². The van der Waals surface area contributed by atoms with Crippen molar-refractivity contribution in [3.05, 3.63) is 27.1 Å². The number of benzene rings is 1. The summed E-state index contributed by atoms with van der Waals surface area (Å²) in [4.78, 5) is 0. The second-order valence-electron chi connectivity index (χ2n) is 6.03. The second kappa shape index (κ2) is 6.18. The Hall–Kier alpha value is 0.270. The third kappa shape index (κ3) is 2.78. The number of rotatable bonds is 2. The standard InChI is InChI=1S/C16H19Br2ClO/c17-11-5-6-13(12(18)9-11)20-15-10-14(19)16(15)7-3-1-2-4-8-16/h5-6,9,14-15H,1-4,7-8,10H2. The van der Waals surface area contributed by atoms with Gasteiger partial charge in [0.1, 0.15) is 11.9 Å². The molecule has 1 nitrogen and oxygen atoms in total. The number of hydrogen-bond donors (Lipinski definition) is 0. The summed E-state index contributed by atoms with van der Waals surface area (Å²) in [6.45, 7) is 0. The molecule has 0 amide bonds. The topological polar surface area (TPSA) is 9.23 Å². The molecule has 0 aliphatic heterocycles. The highest BCUT2D eigenvalue weighted by atomic mass is 79.9. The van der Waals surface area contributed by atoms with Gasteiger partial charge in [0.25, 0.3) is 0 Å². The number of hydrogen-bond acceptors (Lipinski definition) is 1. The molecule has 2 fully saturated rings. The predicted molar refractivity (Wildman–Crippen MR) is 90.7 cm³/mol. The van der Waals surface area contributed by atoms with Crippen molar-refractivity contribution in [2.75, 3.05) is 0 Å². The molecule has 0 radical (unpaired) electrons. The van der Waals surface area contributed by atoms with Crippen LogP contribution in [0.4, 0.5) is 0 Å². The summed E-state index contributed by atoms with van der Waals surface area (Å²) in [7, 11) is 0. The summed E-state index contributed by atoms with van der Waals surface area (Å²) in [6.07, 6.45) is 8.99. The highest BCUT2D eigenvalue weighted by Gasteiger charge is 2.55. The van der Waals surface area contributed by atoms with Crippen LogP contribution in [-0.4, -0.2) is 11.5 Å². The molecule has 1 aromatic rings. The Morgan fingerprint density at radius 3 is 2.40 bits per heavy atom. The van der Waals surface area contributed by atoms with E-state index in [1.54, 1.807) is 0 Å². The fourth-order valence-electron chi connectivity index (χ4n) is 3.61. The SMILES string of the molecule is ClC1CC(Oc2ccc(Br)cc2Br)C12CCCCCC2. The van der Waals surface area contributed by atoms with Crippen LogP contribution in [0.1, 0.15) is 44.9 Å². The number of alkyl halides is 1. The van der Waals surface area contributed by atoms with Crippen LogP contribution in [0, 0.1) is 5.41 Å². The zero-order chi connectivity index (χ0) is 14.2. The minimum atomic E-state index is 0.213. The molecule has 0 heterocycles. The molecule has 2 aliphatic rings. The van der Waals surface area contributed by atoms with Crippen LogP contribution in [-0.2, 0) is 0 Å². The van der Waals surface area contributed by atoms with Gasteiger partial charge in [0, 0.05) is 21.7 Å². The van der Waals surface area contributed by atoms with Gasteiger partial charge in [0.15, 0.2) is 0 Å². The molecule has 110 valence electrons. The lowest BCUT2D eigenvalue weighted by Gasteiger charge is -2.53. The lowest BCUT2D eigenvalue weighted by molar-refractivity contribution is -0.0516. The van der Waals surface area contributed by atoms with Crippen LogP contribution in [0.25, 0.3) is 0 Å². The Morgan fingerprint density at radius 1 is 1.10 bits per heavy atom. The van der Waals surface area contributed by atoms with E-state index < -0.39 is 0 Å². The summed E-state index contributed by atoms with van der Waals surface area (Å²) in [5, 5.41) is 0.292. The van der Waals surface area contributed by atoms with E-state index in [4.69, 9.17) is 16.3 Å². The van der Waals surface area contributed by atoms with Gasteiger partial charge in [-0.2, -0.15) is 0 Å². The van der Waals surface area contributed by atoms with Crippen LogP contribution < -0.4 is 4.74 Å². The molecule has 4 heteroatoms. The highest BCUT2D eigenvalue weighted by molar-refractivity contribution is 9.11. The minimum absolute atomic E-state index is 0.213. The van der Waals surface area contributed by atoms with E-state index in [0.717, 1.165) is 21.1 Å². The summed E-state index contributed by atoms with van der Waals surface area (Å²) >= 11 is 13.6. The molecule has 3 rings (SSSR count). The van der Waals surface area contributed by atoms with Crippen LogP contribution in [0.15, 0.2) is 27.1 Å². The zero-order valence-corrected chi connectivity index (χ0v) is 15.3. The van der Waals surface area contributed by atoms with E-state index in [0.29, 0.717) is 5.38 Å². The molecule has 1 aromatic carbocycles. The molecule has 1 spiro atoms. The number of halogens is 3. The fraction of sp³-hybridized carbons (Fsp3) is 0.625. The van der Waals surface area contributed by atoms with Crippen molar-refractivity contribution in [1.82, 2.24) is 0 Å². The molecule has 2 aliphatic carbocycles. The van der Waals surface area contributed by atoms with Crippen LogP contribution in [0.2, 0.25) is 0 Å². The van der Waals surface area contributed by atoms with E-state index in [9.17, 15) is 0 Å². The van der Waals surface area contributed by atoms with Crippen LogP contribution >= 0.6 is 43.5 Å². The monoisotopic (exact) mass is 420 g/mol. The zero-order valence-electron chi connectivity index (χ0n) is 11.4. The van der Waals surface area contributed by atoms with Crippen molar-refractivity contribution in [2.45, 2.75) is 56.4 Å². The maximum Gasteiger partial charge on any atom is 0.134 e. The van der Waals surface area contributed by atoms with Gasteiger partial charge < -0.3 is 4.74 Å². The van der Waals surface area contributed by atoms with Gasteiger partial charge in [-0.15, -0.1) is 11.6 Å². The smallest absolute Gasteiger partial charge is 0.134 e. The molecule has 0 saturated heterocycles. The number of ether oxygens (including phenoxy) is 1. The second-order valence-corrected chi connectivity index (χ2v) is 8.33. The lowest BCUT2D eigenvalue weighted by Crippen LogP contribution is -2.57. The summed E-state index contributed by atoms with van der Waals surface area (Å²) < 4.78 is 8.37. The van der Waals surface area contributed by atoms with E-state index in [-0.39, 0.29) is 11.5 Å². The normalized spacial score (nSPS) is 28.8. The van der Waals surface area contributed by atoms with Gasteiger partial charge in [0.2, 0.25) is 0 Å². The first kappa shape index (κ1) is 15.2.